The Morgan fingerprint density at radius 2 is 2.10 bits per heavy atom. The molecule has 1 N–H and O–H groups in total. The first-order valence-electron chi connectivity index (χ1n) is 5.93. The van der Waals surface area contributed by atoms with Crippen LogP contribution in [0.1, 0.15) is 11.3 Å². The van der Waals surface area contributed by atoms with Crippen molar-refractivity contribution < 1.29 is 14.3 Å². The first-order chi connectivity index (χ1) is 9.56. The molecule has 104 valence electrons. The van der Waals surface area contributed by atoms with Crippen molar-refractivity contribution in [2.24, 2.45) is 0 Å². The average molecular weight is 337 g/mol. The third-order valence-electron chi connectivity index (χ3n) is 2.69. The van der Waals surface area contributed by atoms with Gasteiger partial charge in [-0.25, -0.2) is 4.79 Å². The lowest BCUT2D eigenvalue weighted by molar-refractivity contribution is -0.612. The molecule has 1 aromatic carbocycles. The smallest absolute Gasteiger partial charge is 0.412 e. The van der Waals surface area contributed by atoms with Crippen molar-refractivity contribution in [1.82, 2.24) is 0 Å². The van der Waals surface area contributed by atoms with Crippen LogP contribution in [-0.2, 0) is 11.3 Å². The number of amides is 1. The third kappa shape index (κ3) is 3.71. The fourth-order valence-electron chi connectivity index (χ4n) is 1.60. The Balaban J connectivity index is 1.98. The molecule has 0 saturated heterocycles. The van der Waals surface area contributed by atoms with E-state index in [1.54, 1.807) is 13.0 Å². The van der Waals surface area contributed by atoms with E-state index >= 15 is 0 Å². The monoisotopic (exact) mass is 336 g/mol. The van der Waals surface area contributed by atoms with Gasteiger partial charge in [-0.05, 0) is 27.6 Å². The molecule has 0 atom stereocenters. The van der Waals surface area contributed by atoms with Crippen molar-refractivity contribution in [3.8, 4) is 0 Å². The van der Waals surface area contributed by atoms with Crippen LogP contribution in [-0.4, -0.2) is 6.09 Å². The number of hydrogen-bond acceptors (Lipinski definition) is 3. The second kappa shape index (κ2) is 6.38. The summed E-state index contributed by atoms with van der Waals surface area (Å²) < 4.78 is 6.35. The van der Waals surface area contributed by atoms with Crippen LogP contribution in [0.15, 0.2) is 47.1 Å². The number of carbonyl (C=O) groups excluding carboxylic acids is 1. The number of rotatable bonds is 3. The molecule has 0 fully saturated rings. The summed E-state index contributed by atoms with van der Waals surface area (Å²) in [5.41, 5.74) is 1.70. The van der Waals surface area contributed by atoms with Crippen molar-refractivity contribution >= 4 is 27.7 Å². The van der Waals surface area contributed by atoms with Crippen molar-refractivity contribution in [3.63, 3.8) is 0 Å². The fraction of sp³-hybridized carbons (Fsp3) is 0.143. The highest BCUT2D eigenvalue weighted by Crippen LogP contribution is 2.17. The highest BCUT2D eigenvalue weighted by molar-refractivity contribution is 9.10. The van der Waals surface area contributed by atoms with Crippen LogP contribution in [0.2, 0.25) is 0 Å². The highest BCUT2D eigenvalue weighted by atomic mass is 79.9. The van der Waals surface area contributed by atoms with Gasteiger partial charge in [0.1, 0.15) is 12.3 Å². The number of anilines is 1. The Kier molecular flexibility index (Phi) is 4.57. The molecular formula is C14H13BrN2O3. The first kappa shape index (κ1) is 14.3. The van der Waals surface area contributed by atoms with Gasteiger partial charge >= 0.3 is 6.09 Å². The minimum atomic E-state index is -0.602. The first-order valence-corrected chi connectivity index (χ1v) is 6.72. The van der Waals surface area contributed by atoms with Gasteiger partial charge < -0.3 is 9.94 Å². The van der Waals surface area contributed by atoms with Gasteiger partial charge in [0.15, 0.2) is 6.20 Å². The minimum Gasteiger partial charge on any atom is -0.618 e. The summed E-state index contributed by atoms with van der Waals surface area (Å²) in [7, 11) is 0. The van der Waals surface area contributed by atoms with E-state index in [1.807, 2.05) is 30.3 Å². The van der Waals surface area contributed by atoms with Crippen LogP contribution in [0, 0.1) is 12.1 Å². The zero-order valence-electron chi connectivity index (χ0n) is 10.8. The molecule has 5 nitrogen and oxygen atoms in total. The molecule has 2 rings (SSSR count). The maximum atomic E-state index is 11.7. The number of nitrogens with one attached hydrogen (secondary N) is 1. The maximum absolute atomic E-state index is 11.7. The van der Waals surface area contributed by atoms with E-state index in [0.717, 1.165) is 5.56 Å². The molecule has 0 aliphatic rings. The Bertz CT molecular complexity index is 617. The van der Waals surface area contributed by atoms with E-state index in [2.05, 4.69) is 21.2 Å². The van der Waals surface area contributed by atoms with E-state index in [9.17, 15) is 10.0 Å². The molecule has 1 heterocycles. The molecule has 1 amide bonds. The van der Waals surface area contributed by atoms with Gasteiger partial charge in [-0.3, -0.25) is 5.32 Å². The van der Waals surface area contributed by atoms with Crippen LogP contribution >= 0.6 is 15.9 Å². The Labute approximate surface area is 124 Å². The van der Waals surface area contributed by atoms with E-state index in [4.69, 9.17) is 4.74 Å². The lowest BCUT2D eigenvalue weighted by atomic mass is 10.2. The molecule has 0 radical (unpaired) electrons. The Morgan fingerprint density at radius 3 is 2.80 bits per heavy atom. The second-order valence-electron chi connectivity index (χ2n) is 4.17. The molecule has 0 aliphatic heterocycles. The van der Waals surface area contributed by atoms with Crippen molar-refractivity contribution in [2.75, 3.05) is 5.32 Å². The molecule has 0 bridgehead atoms. The molecule has 1 aromatic heterocycles. The largest absolute Gasteiger partial charge is 0.618 e. The van der Waals surface area contributed by atoms with Crippen LogP contribution in [0.25, 0.3) is 0 Å². The number of hydrogen-bond donors (Lipinski definition) is 1. The molecule has 2 aromatic rings. The third-order valence-corrected chi connectivity index (χ3v) is 3.13. The standard InChI is InChI=1S/C14H13BrN2O3/c1-10-13(7-12(15)8-17(10)19)16-14(18)20-9-11-5-3-2-4-6-11/h2-8H,9H2,1H3,(H,16,18). The van der Waals surface area contributed by atoms with Gasteiger partial charge in [-0.15, -0.1) is 0 Å². The zero-order chi connectivity index (χ0) is 14.5. The highest BCUT2D eigenvalue weighted by Gasteiger charge is 2.13. The van der Waals surface area contributed by atoms with Gasteiger partial charge in [-0.2, -0.15) is 4.73 Å². The van der Waals surface area contributed by atoms with Gasteiger partial charge in [0, 0.05) is 6.92 Å². The number of pyridine rings is 1. The quantitative estimate of drug-likeness (QED) is 0.691. The van der Waals surface area contributed by atoms with E-state index in [0.29, 0.717) is 20.6 Å². The molecular weight excluding hydrogens is 324 g/mol. The summed E-state index contributed by atoms with van der Waals surface area (Å²) in [6.07, 6.45) is 0.769. The van der Waals surface area contributed by atoms with Crippen LogP contribution < -0.4 is 10.0 Å². The van der Waals surface area contributed by atoms with Crippen LogP contribution in [0.4, 0.5) is 10.5 Å². The summed E-state index contributed by atoms with van der Waals surface area (Å²) >= 11 is 3.20. The van der Waals surface area contributed by atoms with E-state index in [-0.39, 0.29) is 6.61 Å². The summed E-state index contributed by atoms with van der Waals surface area (Å²) in [5.74, 6) is 0. The molecule has 0 aliphatic carbocycles. The molecule has 0 saturated carbocycles. The maximum Gasteiger partial charge on any atom is 0.412 e. The number of carbonyl (C=O) groups is 1. The average Bonchev–Trinajstić information content (AvgIpc) is 2.43. The number of aromatic nitrogens is 1. The SMILES string of the molecule is Cc1c(NC(=O)OCc2ccccc2)cc(Br)c[n+]1[O-]. The Hall–Kier alpha value is -2.08. The summed E-state index contributed by atoms with van der Waals surface area (Å²) in [6, 6.07) is 11.0. The summed E-state index contributed by atoms with van der Waals surface area (Å²) in [5, 5.41) is 14.1. The second-order valence-corrected chi connectivity index (χ2v) is 5.09. The lowest BCUT2D eigenvalue weighted by Crippen LogP contribution is -2.31. The van der Waals surface area contributed by atoms with Gasteiger partial charge in [-0.1, -0.05) is 30.3 Å². The normalized spacial score (nSPS) is 10.1. The van der Waals surface area contributed by atoms with Crippen LogP contribution in [0.5, 0.6) is 0 Å². The molecule has 0 unspecified atom stereocenters. The predicted molar refractivity (Wildman–Crippen MR) is 78.1 cm³/mol. The lowest BCUT2D eigenvalue weighted by Gasteiger charge is -2.09. The predicted octanol–water partition coefficient (Wildman–Crippen LogP) is 3.14. The number of halogens is 1. The molecule has 6 heteroatoms. The number of nitrogens with zero attached hydrogens (tertiary/aromatic N) is 1. The van der Waals surface area contributed by atoms with E-state index in [1.165, 1.54) is 6.20 Å². The molecule has 20 heavy (non-hydrogen) atoms. The van der Waals surface area contributed by atoms with Gasteiger partial charge in [0.2, 0.25) is 5.69 Å². The fourth-order valence-corrected chi connectivity index (χ4v) is 2.02. The van der Waals surface area contributed by atoms with E-state index < -0.39 is 6.09 Å². The number of benzene rings is 1. The topological polar surface area (TPSA) is 65.3 Å². The van der Waals surface area contributed by atoms with Crippen LogP contribution in [0.3, 0.4) is 0 Å². The van der Waals surface area contributed by atoms with Crippen molar-refractivity contribution in [1.29, 1.82) is 0 Å². The van der Waals surface area contributed by atoms with Gasteiger partial charge in [0.05, 0.1) is 4.47 Å². The minimum absolute atomic E-state index is 0.178. The number of ether oxygens (including phenoxy) is 1. The van der Waals surface area contributed by atoms with Gasteiger partial charge in [0.25, 0.3) is 0 Å². The zero-order valence-corrected chi connectivity index (χ0v) is 12.4. The summed E-state index contributed by atoms with van der Waals surface area (Å²) in [6.45, 7) is 1.79. The molecule has 0 spiro atoms. The summed E-state index contributed by atoms with van der Waals surface area (Å²) in [4.78, 5) is 11.7. The van der Waals surface area contributed by atoms with Crippen molar-refractivity contribution in [3.05, 3.63) is 63.5 Å². The Morgan fingerprint density at radius 1 is 1.40 bits per heavy atom. The van der Waals surface area contributed by atoms with Crippen molar-refractivity contribution in [2.45, 2.75) is 13.5 Å².